The highest BCUT2D eigenvalue weighted by atomic mass is 16.5. The maximum atomic E-state index is 11.9. The van der Waals surface area contributed by atoms with Gasteiger partial charge in [0, 0.05) is 6.07 Å². The van der Waals surface area contributed by atoms with Crippen LogP contribution in [-0.2, 0) is 9.53 Å². The van der Waals surface area contributed by atoms with Crippen molar-refractivity contribution >= 4 is 11.9 Å². The molecular formula is C18H19NO5. The molecule has 0 aliphatic heterocycles. The lowest BCUT2D eigenvalue weighted by Gasteiger charge is -2.14. The van der Waals surface area contributed by atoms with Crippen molar-refractivity contribution in [3.05, 3.63) is 59.7 Å². The third-order valence-electron chi connectivity index (χ3n) is 3.44. The van der Waals surface area contributed by atoms with Gasteiger partial charge in [0.25, 0.3) is 5.91 Å². The highest BCUT2D eigenvalue weighted by Gasteiger charge is 2.16. The molecule has 0 aliphatic carbocycles. The molecule has 126 valence electrons. The second-order valence-electron chi connectivity index (χ2n) is 5.16. The first-order chi connectivity index (χ1) is 11.5. The van der Waals surface area contributed by atoms with Gasteiger partial charge in [0.05, 0.1) is 13.2 Å². The van der Waals surface area contributed by atoms with Crippen molar-refractivity contribution in [3.8, 4) is 11.5 Å². The Labute approximate surface area is 140 Å². The molecule has 2 N–H and O–H groups in total. The first kappa shape index (κ1) is 17.3. The molecule has 1 amide bonds. The summed E-state index contributed by atoms with van der Waals surface area (Å²) in [6.45, 7) is 1.41. The van der Waals surface area contributed by atoms with Crippen LogP contribution in [0.2, 0.25) is 0 Å². The zero-order chi connectivity index (χ0) is 17.5. The summed E-state index contributed by atoms with van der Waals surface area (Å²) < 4.78 is 9.87. The van der Waals surface area contributed by atoms with Gasteiger partial charge in [-0.3, -0.25) is 4.79 Å². The van der Waals surface area contributed by atoms with Crippen molar-refractivity contribution in [3.63, 3.8) is 0 Å². The number of phenolic OH excluding ortho intramolecular Hbond substituents is 1. The Morgan fingerprint density at radius 1 is 1.17 bits per heavy atom. The normalized spacial score (nSPS) is 11.4. The fraction of sp³-hybridized carbons (Fsp3) is 0.222. The van der Waals surface area contributed by atoms with E-state index in [2.05, 4.69) is 5.32 Å². The predicted molar refractivity (Wildman–Crippen MR) is 87.9 cm³/mol. The highest BCUT2D eigenvalue weighted by molar-refractivity contribution is 5.94. The van der Waals surface area contributed by atoms with Gasteiger partial charge < -0.3 is 19.9 Å². The lowest BCUT2D eigenvalue weighted by atomic mass is 10.1. The highest BCUT2D eigenvalue weighted by Crippen LogP contribution is 2.23. The van der Waals surface area contributed by atoms with Crippen LogP contribution in [0.5, 0.6) is 11.5 Å². The van der Waals surface area contributed by atoms with Gasteiger partial charge in [0.1, 0.15) is 17.1 Å². The molecule has 6 heteroatoms. The van der Waals surface area contributed by atoms with Crippen molar-refractivity contribution in [1.29, 1.82) is 0 Å². The van der Waals surface area contributed by atoms with Gasteiger partial charge in [0.15, 0.2) is 6.61 Å². The molecule has 24 heavy (non-hydrogen) atoms. The van der Waals surface area contributed by atoms with Crippen LogP contribution in [0.25, 0.3) is 0 Å². The van der Waals surface area contributed by atoms with Crippen LogP contribution < -0.4 is 10.1 Å². The number of hydrogen-bond donors (Lipinski definition) is 2. The van der Waals surface area contributed by atoms with E-state index in [0.29, 0.717) is 5.75 Å². The number of ether oxygens (including phenoxy) is 2. The molecule has 2 aromatic carbocycles. The molecule has 0 bridgehead atoms. The molecule has 0 fully saturated rings. The number of esters is 1. The molecule has 0 spiro atoms. The number of carbonyl (C=O) groups excluding carboxylic acids is 2. The smallest absolute Gasteiger partial charge is 0.342 e. The molecule has 2 aromatic rings. The van der Waals surface area contributed by atoms with E-state index in [-0.39, 0.29) is 17.4 Å². The van der Waals surface area contributed by atoms with Crippen molar-refractivity contribution in [1.82, 2.24) is 5.32 Å². The minimum atomic E-state index is -0.780. The third kappa shape index (κ3) is 4.49. The Hall–Kier alpha value is -3.02. The number of hydrogen-bond acceptors (Lipinski definition) is 5. The first-order valence-corrected chi connectivity index (χ1v) is 7.39. The van der Waals surface area contributed by atoms with Crippen LogP contribution in [-0.4, -0.2) is 30.7 Å². The lowest BCUT2D eigenvalue weighted by Crippen LogP contribution is -2.31. The summed E-state index contributed by atoms with van der Waals surface area (Å²) >= 11 is 0. The number of methoxy groups -OCH3 is 1. The van der Waals surface area contributed by atoms with Gasteiger partial charge in [-0.1, -0.05) is 30.3 Å². The molecule has 6 nitrogen and oxygen atoms in total. The van der Waals surface area contributed by atoms with E-state index in [9.17, 15) is 14.7 Å². The predicted octanol–water partition coefficient (Wildman–Crippen LogP) is 2.44. The Balaban J connectivity index is 1.88. The topological polar surface area (TPSA) is 84.9 Å². The second kappa shape index (κ2) is 8.01. The van der Waals surface area contributed by atoms with Crippen LogP contribution in [0.4, 0.5) is 0 Å². The molecule has 0 heterocycles. The molecular weight excluding hydrogens is 310 g/mol. The maximum absolute atomic E-state index is 11.9. The van der Waals surface area contributed by atoms with E-state index >= 15 is 0 Å². The quantitative estimate of drug-likeness (QED) is 0.795. The van der Waals surface area contributed by atoms with Gasteiger partial charge in [-0.05, 0) is 24.6 Å². The average Bonchev–Trinajstić information content (AvgIpc) is 2.60. The molecule has 0 aliphatic rings. The standard InChI is InChI=1S/C18H19NO5/c1-12(13-6-4-3-5-7-13)19-17(21)11-24-18(22)15-9-8-14(23-2)10-16(15)20/h3-10,12,20H,11H2,1-2H3,(H,19,21)/t12-/m1/s1. The number of carbonyl (C=O) groups is 2. The number of benzene rings is 2. The van der Waals surface area contributed by atoms with E-state index in [1.165, 1.54) is 25.3 Å². The lowest BCUT2D eigenvalue weighted by molar-refractivity contribution is -0.124. The van der Waals surface area contributed by atoms with Crippen molar-refractivity contribution in [2.45, 2.75) is 13.0 Å². The summed E-state index contributed by atoms with van der Waals surface area (Å²) in [5.41, 5.74) is 0.921. The summed E-state index contributed by atoms with van der Waals surface area (Å²) in [4.78, 5) is 23.8. The van der Waals surface area contributed by atoms with Crippen LogP contribution in [0, 0.1) is 0 Å². The molecule has 0 aromatic heterocycles. The third-order valence-corrected chi connectivity index (χ3v) is 3.44. The zero-order valence-corrected chi connectivity index (χ0v) is 13.5. The van der Waals surface area contributed by atoms with E-state index in [1.807, 2.05) is 37.3 Å². The average molecular weight is 329 g/mol. The summed E-state index contributed by atoms with van der Waals surface area (Å²) in [5, 5.41) is 12.5. The molecule has 0 saturated carbocycles. The zero-order valence-electron chi connectivity index (χ0n) is 13.5. The van der Waals surface area contributed by atoms with Crippen LogP contribution >= 0.6 is 0 Å². The summed E-state index contributed by atoms with van der Waals surface area (Å²) in [5.74, 6) is -1.05. The number of phenols is 1. The monoisotopic (exact) mass is 329 g/mol. The molecule has 0 radical (unpaired) electrons. The number of nitrogens with one attached hydrogen (secondary N) is 1. The number of aromatic hydroxyl groups is 1. The van der Waals surface area contributed by atoms with Crippen molar-refractivity contribution in [2.24, 2.45) is 0 Å². The van der Waals surface area contributed by atoms with E-state index in [4.69, 9.17) is 9.47 Å². The fourth-order valence-electron chi connectivity index (χ4n) is 2.13. The molecule has 2 rings (SSSR count). The number of rotatable bonds is 6. The number of amides is 1. The van der Waals surface area contributed by atoms with E-state index in [1.54, 1.807) is 0 Å². The minimum absolute atomic E-state index is 0.0280. The summed E-state index contributed by atoms with van der Waals surface area (Å²) in [6, 6.07) is 13.4. The Morgan fingerprint density at radius 3 is 2.50 bits per heavy atom. The van der Waals surface area contributed by atoms with Crippen LogP contribution in [0.15, 0.2) is 48.5 Å². The molecule has 0 saturated heterocycles. The summed E-state index contributed by atoms with van der Waals surface area (Å²) in [6.07, 6.45) is 0. The fourth-order valence-corrected chi connectivity index (χ4v) is 2.13. The van der Waals surface area contributed by atoms with E-state index in [0.717, 1.165) is 5.56 Å². The van der Waals surface area contributed by atoms with Gasteiger partial charge in [-0.2, -0.15) is 0 Å². The van der Waals surface area contributed by atoms with E-state index < -0.39 is 18.5 Å². The Kier molecular flexibility index (Phi) is 5.78. The largest absolute Gasteiger partial charge is 0.507 e. The minimum Gasteiger partial charge on any atom is -0.507 e. The molecule has 1 atom stereocenters. The summed E-state index contributed by atoms with van der Waals surface area (Å²) in [7, 11) is 1.45. The second-order valence-corrected chi connectivity index (χ2v) is 5.16. The van der Waals surface area contributed by atoms with Crippen LogP contribution in [0.3, 0.4) is 0 Å². The van der Waals surface area contributed by atoms with Gasteiger partial charge in [-0.15, -0.1) is 0 Å². The molecule has 0 unspecified atom stereocenters. The van der Waals surface area contributed by atoms with Gasteiger partial charge >= 0.3 is 5.97 Å². The van der Waals surface area contributed by atoms with Crippen molar-refractivity contribution < 1.29 is 24.2 Å². The maximum Gasteiger partial charge on any atom is 0.342 e. The van der Waals surface area contributed by atoms with Crippen LogP contribution in [0.1, 0.15) is 28.9 Å². The SMILES string of the molecule is COc1ccc(C(=O)OCC(=O)N[C@H](C)c2ccccc2)c(O)c1. The van der Waals surface area contributed by atoms with Gasteiger partial charge in [-0.25, -0.2) is 4.79 Å². The first-order valence-electron chi connectivity index (χ1n) is 7.39. The Bertz CT molecular complexity index is 715. The Morgan fingerprint density at radius 2 is 1.88 bits per heavy atom. The van der Waals surface area contributed by atoms with Gasteiger partial charge in [0.2, 0.25) is 0 Å². The van der Waals surface area contributed by atoms with Crippen molar-refractivity contribution in [2.75, 3.05) is 13.7 Å².